The minimum Gasteiger partial charge on any atom is -0.497 e. The molecule has 1 heterocycles. The molecule has 27 heavy (non-hydrogen) atoms. The summed E-state index contributed by atoms with van der Waals surface area (Å²) in [6, 6.07) is 20.8. The van der Waals surface area contributed by atoms with Gasteiger partial charge in [0.25, 0.3) is 5.91 Å². The van der Waals surface area contributed by atoms with E-state index in [-0.39, 0.29) is 5.91 Å². The van der Waals surface area contributed by atoms with Gasteiger partial charge in [-0.05, 0) is 71.1 Å². The highest BCUT2D eigenvalue weighted by Crippen LogP contribution is 2.29. The van der Waals surface area contributed by atoms with Crippen LogP contribution in [0.3, 0.4) is 0 Å². The Morgan fingerprint density at radius 1 is 0.963 bits per heavy atom. The average molecular weight is 357 g/mol. The minimum atomic E-state index is -0.220. The van der Waals surface area contributed by atoms with Gasteiger partial charge in [0.15, 0.2) is 0 Å². The van der Waals surface area contributed by atoms with Crippen molar-refractivity contribution in [2.75, 3.05) is 18.2 Å². The molecule has 5 nitrogen and oxygen atoms in total. The molecule has 1 aromatic heterocycles. The Morgan fingerprint density at radius 2 is 1.70 bits per heavy atom. The number of aromatic amines is 1. The molecule has 0 saturated heterocycles. The summed E-state index contributed by atoms with van der Waals surface area (Å²) in [7, 11) is 1.59. The number of nitrogens with two attached hydrogens (primary N) is 1. The van der Waals surface area contributed by atoms with Crippen molar-refractivity contribution < 1.29 is 9.53 Å². The van der Waals surface area contributed by atoms with Crippen LogP contribution in [0.4, 0.5) is 11.4 Å². The Hall–Kier alpha value is -3.73. The third kappa shape index (κ3) is 3.35. The number of carbonyl (C=O) groups excluding carboxylic acids is 1. The normalized spacial score (nSPS) is 10.7. The molecule has 0 atom stereocenters. The second kappa shape index (κ2) is 6.88. The molecule has 4 aromatic rings. The van der Waals surface area contributed by atoms with Crippen LogP contribution in [0.15, 0.2) is 72.9 Å². The zero-order chi connectivity index (χ0) is 18.8. The molecule has 1 amide bonds. The summed E-state index contributed by atoms with van der Waals surface area (Å²) in [5.74, 6) is 0.482. The van der Waals surface area contributed by atoms with E-state index in [4.69, 9.17) is 10.5 Å². The first-order valence-corrected chi connectivity index (χ1v) is 8.56. The molecule has 0 radical (unpaired) electrons. The topological polar surface area (TPSA) is 80.1 Å². The Kier molecular flexibility index (Phi) is 4.26. The van der Waals surface area contributed by atoms with Crippen molar-refractivity contribution in [1.82, 2.24) is 4.98 Å². The Balaban J connectivity index is 1.62. The molecule has 134 valence electrons. The first-order chi connectivity index (χ1) is 13.1. The van der Waals surface area contributed by atoms with Gasteiger partial charge in [-0.1, -0.05) is 12.1 Å². The molecule has 0 fully saturated rings. The molecule has 0 unspecified atom stereocenters. The maximum Gasteiger partial charge on any atom is 0.255 e. The predicted molar refractivity (Wildman–Crippen MR) is 109 cm³/mol. The van der Waals surface area contributed by atoms with E-state index in [1.165, 1.54) is 0 Å². The number of H-pyrrole nitrogens is 1. The third-order valence-electron chi connectivity index (χ3n) is 4.54. The number of anilines is 2. The van der Waals surface area contributed by atoms with Gasteiger partial charge in [-0.3, -0.25) is 4.79 Å². The van der Waals surface area contributed by atoms with Crippen molar-refractivity contribution in [2.24, 2.45) is 0 Å². The van der Waals surface area contributed by atoms with Crippen LogP contribution in [-0.2, 0) is 0 Å². The van der Waals surface area contributed by atoms with Crippen molar-refractivity contribution in [3.05, 3.63) is 78.5 Å². The quantitative estimate of drug-likeness (QED) is 0.464. The highest BCUT2D eigenvalue weighted by molar-refractivity contribution is 6.06. The number of carbonyl (C=O) groups is 1. The highest BCUT2D eigenvalue weighted by Gasteiger charge is 2.10. The van der Waals surface area contributed by atoms with Gasteiger partial charge in [0.05, 0.1) is 18.5 Å². The van der Waals surface area contributed by atoms with Gasteiger partial charge in [0, 0.05) is 17.3 Å². The molecule has 5 heteroatoms. The van der Waals surface area contributed by atoms with Crippen LogP contribution in [-0.4, -0.2) is 18.0 Å². The highest BCUT2D eigenvalue weighted by atomic mass is 16.5. The van der Waals surface area contributed by atoms with E-state index in [2.05, 4.69) is 16.4 Å². The van der Waals surface area contributed by atoms with Crippen molar-refractivity contribution in [2.45, 2.75) is 0 Å². The van der Waals surface area contributed by atoms with Crippen molar-refractivity contribution in [3.8, 4) is 16.9 Å². The number of rotatable bonds is 4. The lowest BCUT2D eigenvalue weighted by molar-refractivity contribution is 0.102. The molecule has 0 aliphatic rings. The van der Waals surface area contributed by atoms with Crippen LogP contribution in [0.5, 0.6) is 5.75 Å². The van der Waals surface area contributed by atoms with E-state index in [1.807, 2.05) is 36.5 Å². The molecule has 0 spiro atoms. The summed E-state index contributed by atoms with van der Waals surface area (Å²) in [5, 5.41) is 4.03. The molecule has 0 aliphatic heterocycles. The predicted octanol–water partition coefficient (Wildman–Crippen LogP) is 4.68. The largest absolute Gasteiger partial charge is 0.497 e. The van der Waals surface area contributed by atoms with Crippen molar-refractivity contribution in [1.29, 1.82) is 0 Å². The van der Waals surface area contributed by atoms with Crippen molar-refractivity contribution >= 4 is 28.2 Å². The summed E-state index contributed by atoms with van der Waals surface area (Å²) in [6.07, 6.45) is 1.91. The summed E-state index contributed by atoms with van der Waals surface area (Å²) < 4.78 is 5.12. The molecular weight excluding hydrogens is 338 g/mol. The zero-order valence-electron chi connectivity index (χ0n) is 14.8. The lowest BCUT2D eigenvalue weighted by Gasteiger charge is -2.11. The number of fused-ring (bicyclic) bond motifs is 1. The van der Waals surface area contributed by atoms with Crippen LogP contribution in [0.25, 0.3) is 22.0 Å². The molecule has 0 aliphatic carbocycles. The second-order valence-corrected chi connectivity index (χ2v) is 6.26. The van der Waals surface area contributed by atoms with E-state index in [0.29, 0.717) is 22.7 Å². The van der Waals surface area contributed by atoms with E-state index < -0.39 is 0 Å². The standard InChI is InChI=1S/C22H19N3O2/c1-27-18-6-2-14(3-7-18)22(26)25-21-13-16(4-8-19(21)23)15-5-9-20-17(12-15)10-11-24-20/h2-13,24H,23H2,1H3,(H,25,26). The van der Waals surface area contributed by atoms with Gasteiger partial charge in [0.1, 0.15) is 5.75 Å². The van der Waals surface area contributed by atoms with Crippen LogP contribution < -0.4 is 15.8 Å². The average Bonchev–Trinajstić information content (AvgIpc) is 3.17. The number of hydrogen-bond donors (Lipinski definition) is 3. The van der Waals surface area contributed by atoms with E-state index in [9.17, 15) is 4.79 Å². The lowest BCUT2D eigenvalue weighted by Crippen LogP contribution is -2.13. The number of amides is 1. The minimum absolute atomic E-state index is 0.220. The van der Waals surface area contributed by atoms with Gasteiger partial charge in [-0.2, -0.15) is 0 Å². The fourth-order valence-electron chi connectivity index (χ4n) is 3.01. The SMILES string of the molecule is COc1ccc(C(=O)Nc2cc(-c3ccc4[nH]ccc4c3)ccc2N)cc1. The maximum atomic E-state index is 12.5. The number of nitrogen functional groups attached to an aromatic ring is 1. The van der Waals surface area contributed by atoms with Gasteiger partial charge < -0.3 is 20.8 Å². The Labute approximate surface area is 156 Å². The maximum absolute atomic E-state index is 12.5. The van der Waals surface area contributed by atoms with Gasteiger partial charge in [0.2, 0.25) is 0 Å². The number of aromatic nitrogens is 1. The molecule has 0 bridgehead atoms. The third-order valence-corrected chi connectivity index (χ3v) is 4.54. The van der Waals surface area contributed by atoms with E-state index in [1.54, 1.807) is 37.4 Å². The van der Waals surface area contributed by atoms with Gasteiger partial charge >= 0.3 is 0 Å². The Bertz CT molecular complexity index is 1110. The van der Waals surface area contributed by atoms with Crippen LogP contribution >= 0.6 is 0 Å². The fraction of sp³-hybridized carbons (Fsp3) is 0.0455. The smallest absolute Gasteiger partial charge is 0.255 e. The van der Waals surface area contributed by atoms with Crippen molar-refractivity contribution in [3.63, 3.8) is 0 Å². The van der Waals surface area contributed by atoms with Crippen LogP contribution in [0, 0.1) is 0 Å². The molecular formula is C22H19N3O2. The number of nitrogens with one attached hydrogen (secondary N) is 2. The zero-order valence-corrected chi connectivity index (χ0v) is 14.8. The Morgan fingerprint density at radius 3 is 2.48 bits per heavy atom. The fourth-order valence-corrected chi connectivity index (χ4v) is 3.01. The molecule has 4 rings (SSSR count). The summed E-state index contributed by atoms with van der Waals surface area (Å²) >= 11 is 0. The lowest BCUT2D eigenvalue weighted by atomic mass is 10.0. The number of ether oxygens (including phenoxy) is 1. The monoisotopic (exact) mass is 357 g/mol. The number of methoxy groups -OCH3 is 1. The number of hydrogen-bond acceptors (Lipinski definition) is 3. The van der Waals surface area contributed by atoms with E-state index in [0.717, 1.165) is 22.0 Å². The molecule has 0 saturated carbocycles. The molecule has 4 N–H and O–H groups in total. The molecule has 3 aromatic carbocycles. The van der Waals surface area contributed by atoms with Gasteiger partial charge in [-0.15, -0.1) is 0 Å². The van der Waals surface area contributed by atoms with Gasteiger partial charge in [-0.25, -0.2) is 0 Å². The van der Waals surface area contributed by atoms with Crippen LogP contribution in [0.1, 0.15) is 10.4 Å². The number of benzene rings is 3. The van der Waals surface area contributed by atoms with Crippen LogP contribution in [0.2, 0.25) is 0 Å². The first kappa shape index (κ1) is 16.7. The second-order valence-electron chi connectivity index (χ2n) is 6.26. The summed E-state index contributed by atoms with van der Waals surface area (Å²) in [5.41, 5.74) is 10.8. The summed E-state index contributed by atoms with van der Waals surface area (Å²) in [6.45, 7) is 0. The first-order valence-electron chi connectivity index (χ1n) is 8.56. The van der Waals surface area contributed by atoms with E-state index >= 15 is 0 Å². The summed E-state index contributed by atoms with van der Waals surface area (Å²) in [4.78, 5) is 15.7.